The average Bonchev–Trinajstić information content (AvgIpc) is 2.82. The Bertz CT molecular complexity index is 501. The molecule has 1 aromatic carbocycles. The van der Waals surface area contributed by atoms with Crippen LogP contribution in [0.25, 0.3) is 0 Å². The molecule has 4 heteroatoms. The van der Waals surface area contributed by atoms with Gasteiger partial charge in [0.1, 0.15) is 0 Å². The van der Waals surface area contributed by atoms with Crippen molar-refractivity contribution in [1.29, 1.82) is 0 Å². The molecule has 0 aromatic heterocycles. The quantitative estimate of drug-likeness (QED) is 0.687. The SMILES string of the molecule is CCN(CC)CCN(CC)[C@@H]1CCC(=O)N(Cc2ccccc2)CC1. The van der Waals surface area contributed by atoms with Crippen LogP contribution in [-0.2, 0) is 11.3 Å². The summed E-state index contributed by atoms with van der Waals surface area (Å²) in [5.74, 6) is 0.311. The lowest BCUT2D eigenvalue weighted by Crippen LogP contribution is -2.41. The number of amides is 1. The fourth-order valence-corrected chi connectivity index (χ4v) is 3.77. The van der Waals surface area contributed by atoms with Crippen molar-refractivity contribution >= 4 is 5.91 Å². The summed E-state index contributed by atoms with van der Waals surface area (Å²) >= 11 is 0. The van der Waals surface area contributed by atoms with E-state index in [0.717, 1.165) is 58.7 Å². The minimum absolute atomic E-state index is 0.311. The highest BCUT2D eigenvalue weighted by molar-refractivity contribution is 5.76. The normalized spacial score (nSPS) is 18.8. The van der Waals surface area contributed by atoms with E-state index in [9.17, 15) is 4.79 Å². The maximum absolute atomic E-state index is 12.5. The molecule has 0 aliphatic carbocycles. The maximum Gasteiger partial charge on any atom is 0.222 e. The van der Waals surface area contributed by atoms with E-state index in [1.54, 1.807) is 0 Å². The van der Waals surface area contributed by atoms with E-state index < -0.39 is 0 Å². The number of likely N-dealkylation sites (tertiary alicyclic amines) is 1. The summed E-state index contributed by atoms with van der Waals surface area (Å²) in [4.78, 5) is 19.6. The molecule has 25 heavy (non-hydrogen) atoms. The summed E-state index contributed by atoms with van der Waals surface area (Å²) < 4.78 is 0. The fourth-order valence-electron chi connectivity index (χ4n) is 3.77. The van der Waals surface area contributed by atoms with E-state index in [4.69, 9.17) is 0 Å². The van der Waals surface area contributed by atoms with Crippen LogP contribution in [0.2, 0.25) is 0 Å². The molecule has 0 unspecified atom stereocenters. The van der Waals surface area contributed by atoms with Gasteiger partial charge >= 0.3 is 0 Å². The van der Waals surface area contributed by atoms with E-state index in [1.807, 2.05) is 23.1 Å². The van der Waals surface area contributed by atoms with Crippen LogP contribution in [0.1, 0.15) is 45.6 Å². The third kappa shape index (κ3) is 6.12. The summed E-state index contributed by atoms with van der Waals surface area (Å²) in [5.41, 5.74) is 1.23. The van der Waals surface area contributed by atoms with E-state index >= 15 is 0 Å². The number of carbonyl (C=O) groups excluding carboxylic acids is 1. The first-order chi connectivity index (χ1) is 12.2. The van der Waals surface area contributed by atoms with Crippen molar-refractivity contribution < 1.29 is 4.79 Å². The average molecular weight is 346 g/mol. The molecule has 1 heterocycles. The molecule has 0 spiro atoms. The van der Waals surface area contributed by atoms with E-state index in [0.29, 0.717) is 18.4 Å². The minimum atomic E-state index is 0.311. The Kier molecular flexibility index (Phi) is 8.42. The van der Waals surface area contributed by atoms with Crippen molar-refractivity contribution in [2.75, 3.05) is 39.3 Å². The summed E-state index contributed by atoms with van der Waals surface area (Å²) in [6, 6.07) is 10.9. The topological polar surface area (TPSA) is 26.8 Å². The zero-order valence-corrected chi connectivity index (χ0v) is 16.3. The van der Waals surface area contributed by atoms with Crippen molar-refractivity contribution in [3.8, 4) is 0 Å². The number of hydrogen-bond acceptors (Lipinski definition) is 3. The predicted octanol–water partition coefficient (Wildman–Crippen LogP) is 3.23. The second-order valence-corrected chi connectivity index (χ2v) is 6.94. The van der Waals surface area contributed by atoms with Crippen LogP contribution in [0, 0.1) is 0 Å². The highest BCUT2D eigenvalue weighted by Crippen LogP contribution is 2.19. The van der Waals surface area contributed by atoms with E-state index in [1.165, 1.54) is 5.56 Å². The molecule has 1 fully saturated rings. The van der Waals surface area contributed by atoms with Gasteiger partial charge in [-0.25, -0.2) is 0 Å². The molecule has 1 atom stereocenters. The second kappa shape index (κ2) is 10.6. The highest BCUT2D eigenvalue weighted by atomic mass is 16.2. The molecule has 140 valence electrons. The number of carbonyl (C=O) groups is 1. The van der Waals surface area contributed by atoms with Crippen molar-refractivity contribution in [3.63, 3.8) is 0 Å². The van der Waals surface area contributed by atoms with Crippen LogP contribution in [0.5, 0.6) is 0 Å². The standard InChI is InChI=1S/C21H35N3O/c1-4-22(5-2)16-17-23(6-3)20-12-13-21(25)24(15-14-20)18-19-10-8-7-9-11-19/h7-11,20H,4-6,12-18H2,1-3H3/t20-/m1/s1. The number of rotatable bonds is 9. The molecule has 1 amide bonds. The molecular weight excluding hydrogens is 310 g/mol. The Morgan fingerprint density at radius 2 is 1.72 bits per heavy atom. The molecule has 0 saturated carbocycles. The van der Waals surface area contributed by atoms with Gasteiger partial charge in [-0.1, -0.05) is 51.1 Å². The number of hydrogen-bond donors (Lipinski definition) is 0. The van der Waals surface area contributed by atoms with Crippen LogP contribution in [0.15, 0.2) is 30.3 Å². The van der Waals surface area contributed by atoms with Gasteiger partial charge in [0.2, 0.25) is 5.91 Å². The summed E-state index contributed by atoms with van der Waals surface area (Å²) in [6.07, 6.45) is 2.76. The Morgan fingerprint density at radius 1 is 1.00 bits per heavy atom. The number of nitrogens with zero attached hydrogens (tertiary/aromatic N) is 3. The molecule has 1 aliphatic rings. The zero-order valence-electron chi connectivity index (χ0n) is 16.3. The number of benzene rings is 1. The minimum Gasteiger partial charge on any atom is -0.338 e. The van der Waals surface area contributed by atoms with Gasteiger partial charge in [-0.3, -0.25) is 9.69 Å². The van der Waals surface area contributed by atoms with Gasteiger partial charge in [-0.2, -0.15) is 0 Å². The van der Waals surface area contributed by atoms with Crippen LogP contribution >= 0.6 is 0 Å². The van der Waals surface area contributed by atoms with Gasteiger partial charge in [0.05, 0.1) is 0 Å². The summed E-state index contributed by atoms with van der Waals surface area (Å²) in [6.45, 7) is 13.9. The van der Waals surface area contributed by atoms with Gasteiger partial charge in [0.15, 0.2) is 0 Å². The molecule has 2 rings (SSSR count). The van der Waals surface area contributed by atoms with Crippen LogP contribution < -0.4 is 0 Å². The van der Waals surface area contributed by atoms with Crippen molar-refractivity contribution in [2.24, 2.45) is 0 Å². The lowest BCUT2D eigenvalue weighted by atomic mass is 10.1. The second-order valence-electron chi connectivity index (χ2n) is 6.94. The smallest absolute Gasteiger partial charge is 0.222 e. The third-order valence-electron chi connectivity index (χ3n) is 5.51. The summed E-state index contributed by atoms with van der Waals surface area (Å²) in [5, 5.41) is 0. The van der Waals surface area contributed by atoms with Crippen LogP contribution in [0.3, 0.4) is 0 Å². The van der Waals surface area contributed by atoms with Crippen molar-refractivity contribution in [1.82, 2.24) is 14.7 Å². The molecule has 1 saturated heterocycles. The van der Waals surface area contributed by atoms with E-state index in [2.05, 4.69) is 42.7 Å². The molecule has 0 radical (unpaired) electrons. The van der Waals surface area contributed by atoms with Gasteiger partial charge < -0.3 is 9.80 Å². The Balaban J connectivity index is 1.90. The lowest BCUT2D eigenvalue weighted by Gasteiger charge is -2.32. The van der Waals surface area contributed by atoms with Crippen molar-refractivity contribution in [2.45, 2.75) is 52.6 Å². The first-order valence-corrected chi connectivity index (χ1v) is 9.96. The Labute approximate surface area is 153 Å². The first kappa shape index (κ1) is 19.9. The Hall–Kier alpha value is -1.39. The molecule has 1 aromatic rings. The van der Waals surface area contributed by atoms with Gasteiger partial charge in [-0.15, -0.1) is 0 Å². The molecular formula is C21H35N3O. The van der Waals surface area contributed by atoms with Gasteiger partial charge in [0, 0.05) is 38.6 Å². The van der Waals surface area contributed by atoms with E-state index in [-0.39, 0.29) is 0 Å². The highest BCUT2D eigenvalue weighted by Gasteiger charge is 2.25. The predicted molar refractivity (Wildman–Crippen MR) is 105 cm³/mol. The zero-order chi connectivity index (χ0) is 18.1. The molecule has 1 aliphatic heterocycles. The lowest BCUT2D eigenvalue weighted by molar-refractivity contribution is -0.131. The fraction of sp³-hybridized carbons (Fsp3) is 0.667. The van der Waals surface area contributed by atoms with Gasteiger partial charge in [0.25, 0.3) is 0 Å². The largest absolute Gasteiger partial charge is 0.338 e. The van der Waals surface area contributed by atoms with Crippen molar-refractivity contribution in [3.05, 3.63) is 35.9 Å². The maximum atomic E-state index is 12.5. The van der Waals surface area contributed by atoms with Crippen LogP contribution in [-0.4, -0.2) is 65.9 Å². The Morgan fingerprint density at radius 3 is 2.36 bits per heavy atom. The molecule has 0 bridgehead atoms. The first-order valence-electron chi connectivity index (χ1n) is 9.96. The summed E-state index contributed by atoms with van der Waals surface area (Å²) in [7, 11) is 0. The van der Waals surface area contributed by atoms with Crippen LogP contribution in [0.4, 0.5) is 0 Å². The third-order valence-corrected chi connectivity index (χ3v) is 5.51. The monoisotopic (exact) mass is 345 g/mol. The molecule has 4 nitrogen and oxygen atoms in total. The number of likely N-dealkylation sites (N-methyl/N-ethyl adjacent to an activating group) is 2. The molecule has 0 N–H and O–H groups in total. The van der Waals surface area contributed by atoms with Gasteiger partial charge in [-0.05, 0) is 38.0 Å².